The van der Waals surface area contributed by atoms with Crippen LogP contribution in [0.5, 0.6) is 5.75 Å². The van der Waals surface area contributed by atoms with Gasteiger partial charge in [0.1, 0.15) is 5.75 Å². The van der Waals surface area contributed by atoms with Crippen LogP contribution in [0.2, 0.25) is 5.02 Å². The van der Waals surface area contributed by atoms with Crippen LogP contribution in [-0.4, -0.2) is 22.6 Å². The fourth-order valence-corrected chi connectivity index (χ4v) is 4.73. The highest BCUT2D eigenvalue weighted by Gasteiger charge is 2.55. The van der Waals surface area contributed by atoms with Gasteiger partial charge in [-0.15, -0.1) is 0 Å². The van der Waals surface area contributed by atoms with Gasteiger partial charge in [0.05, 0.1) is 6.04 Å². The number of imide groups is 1. The van der Waals surface area contributed by atoms with E-state index < -0.39 is 17.8 Å². The van der Waals surface area contributed by atoms with Gasteiger partial charge in [-0.1, -0.05) is 45.7 Å². The van der Waals surface area contributed by atoms with Gasteiger partial charge < -0.3 is 4.74 Å². The van der Waals surface area contributed by atoms with Crippen LogP contribution in [0.15, 0.2) is 77.3 Å². The number of ether oxygens (including phenoxy) is 1. The SMILES string of the molecule is C[C@]12C[C@H](c3ccccc3O1)N(C(=O)c1ccc(Br)cc1)C(=O)N2c1ccc(Cl)cc1. The molecule has 5 nitrogen and oxygen atoms in total. The van der Waals surface area contributed by atoms with E-state index in [-0.39, 0.29) is 5.91 Å². The zero-order chi connectivity index (χ0) is 21.8. The quantitative estimate of drug-likeness (QED) is 0.410. The lowest BCUT2D eigenvalue weighted by molar-refractivity contribution is 0.00268. The number of nitrogens with zero attached hydrogens (tertiary/aromatic N) is 2. The van der Waals surface area contributed by atoms with Gasteiger partial charge in [-0.05, 0) is 61.5 Å². The van der Waals surface area contributed by atoms with Crippen LogP contribution < -0.4 is 9.64 Å². The summed E-state index contributed by atoms with van der Waals surface area (Å²) >= 11 is 9.45. The molecule has 0 radical (unpaired) electrons. The first-order valence-corrected chi connectivity index (χ1v) is 11.0. The second-order valence-electron chi connectivity index (χ2n) is 7.81. The van der Waals surface area contributed by atoms with Crippen LogP contribution >= 0.6 is 27.5 Å². The minimum atomic E-state index is -0.944. The molecule has 0 unspecified atom stereocenters. The minimum absolute atomic E-state index is 0.347. The van der Waals surface area contributed by atoms with Crippen molar-refractivity contribution < 1.29 is 14.3 Å². The minimum Gasteiger partial charge on any atom is -0.467 e. The third-order valence-corrected chi connectivity index (χ3v) is 6.54. The van der Waals surface area contributed by atoms with Crippen molar-refractivity contribution >= 4 is 45.2 Å². The van der Waals surface area contributed by atoms with Gasteiger partial charge >= 0.3 is 6.03 Å². The smallest absolute Gasteiger partial charge is 0.335 e. The molecule has 3 aromatic carbocycles. The molecule has 2 aliphatic heterocycles. The molecule has 0 aliphatic carbocycles. The Morgan fingerprint density at radius 1 is 1.06 bits per heavy atom. The normalized spacial score (nSPS) is 22.0. The highest BCUT2D eigenvalue weighted by atomic mass is 79.9. The summed E-state index contributed by atoms with van der Waals surface area (Å²) in [6, 6.07) is 20.7. The van der Waals surface area contributed by atoms with Gasteiger partial charge in [-0.3, -0.25) is 14.6 Å². The molecule has 156 valence electrons. The molecule has 2 bridgehead atoms. The van der Waals surface area contributed by atoms with Crippen molar-refractivity contribution in [3.63, 3.8) is 0 Å². The zero-order valence-electron chi connectivity index (χ0n) is 16.6. The lowest BCUT2D eigenvalue weighted by Crippen LogP contribution is -2.67. The highest BCUT2D eigenvalue weighted by molar-refractivity contribution is 9.10. The summed E-state index contributed by atoms with van der Waals surface area (Å²) in [5.41, 5.74) is 0.943. The van der Waals surface area contributed by atoms with E-state index in [4.69, 9.17) is 16.3 Å². The van der Waals surface area contributed by atoms with Gasteiger partial charge in [0, 0.05) is 32.7 Å². The van der Waals surface area contributed by atoms with Crippen molar-refractivity contribution in [2.75, 3.05) is 4.90 Å². The molecule has 0 spiro atoms. The molecule has 31 heavy (non-hydrogen) atoms. The molecular formula is C24H18BrClN2O3. The average Bonchev–Trinajstić information content (AvgIpc) is 2.75. The van der Waals surface area contributed by atoms with E-state index in [2.05, 4.69) is 15.9 Å². The Hall–Kier alpha value is -2.83. The topological polar surface area (TPSA) is 49.9 Å². The average molecular weight is 498 g/mol. The van der Waals surface area contributed by atoms with Crippen LogP contribution in [0, 0.1) is 0 Å². The van der Waals surface area contributed by atoms with Crippen LogP contribution in [0.25, 0.3) is 0 Å². The second kappa shape index (κ2) is 7.39. The Kier molecular flexibility index (Phi) is 4.79. The molecule has 5 rings (SSSR count). The summed E-state index contributed by atoms with van der Waals surface area (Å²) in [5, 5.41) is 0.564. The molecule has 1 fully saturated rings. The van der Waals surface area contributed by atoms with Gasteiger partial charge in [0.2, 0.25) is 0 Å². The molecule has 7 heteroatoms. The number of anilines is 1. The van der Waals surface area contributed by atoms with E-state index in [1.54, 1.807) is 53.4 Å². The van der Waals surface area contributed by atoms with Crippen molar-refractivity contribution in [2.24, 2.45) is 0 Å². The Morgan fingerprint density at radius 3 is 2.45 bits per heavy atom. The number of hydrogen-bond acceptors (Lipinski definition) is 3. The molecule has 0 aromatic heterocycles. The molecule has 3 aromatic rings. The lowest BCUT2D eigenvalue weighted by Gasteiger charge is -2.53. The summed E-state index contributed by atoms with van der Waals surface area (Å²) in [6.45, 7) is 1.88. The van der Waals surface area contributed by atoms with Crippen molar-refractivity contribution in [1.29, 1.82) is 0 Å². The fourth-order valence-electron chi connectivity index (χ4n) is 4.34. The molecule has 3 amide bonds. The molecule has 0 N–H and O–H groups in total. The van der Waals surface area contributed by atoms with E-state index in [1.165, 1.54) is 4.90 Å². The van der Waals surface area contributed by atoms with Crippen LogP contribution in [0.1, 0.15) is 35.3 Å². The molecule has 2 aliphatic rings. The Balaban J connectivity index is 1.66. The lowest BCUT2D eigenvalue weighted by atomic mass is 9.88. The number of benzene rings is 3. The second-order valence-corrected chi connectivity index (χ2v) is 9.16. The number of carbonyl (C=O) groups is 2. The number of amides is 3. The van der Waals surface area contributed by atoms with Gasteiger partial charge in [0.25, 0.3) is 5.91 Å². The van der Waals surface area contributed by atoms with Gasteiger partial charge in [-0.25, -0.2) is 4.79 Å². The standard InChI is InChI=1S/C24H18BrClN2O3/c1-24-14-20(19-4-2-3-5-21(19)31-24)27(22(29)15-6-8-16(25)9-7-15)23(30)28(24)18-12-10-17(26)11-13-18/h2-13,20H,14H2,1H3/t20-,24-/m1/s1. The van der Waals surface area contributed by atoms with Crippen molar-refractivity contribution in [1.82, 2.24) is 4.90 Å². The van der Waals surface area contributed by atoms with Gasteiger partial charge in [-0.2, -0.15) is 0 Å². The number of halogens is 2. The van der Waals surface area contributed by atoms with Crippen LogP contribution in [0.4, 0.5) is 10.5 Å². The first-order valence-electron chi connectivity index (χ1n) is 9.84. The third kappa shape index (κ3) is 3.30. The predicted molar refractivity (Wildman–Crippen MR) is 122 cm³/mol. The van der Waals surface area contributed by atoms with E-state index in [1.807, 2.05) is 31.2 Å². The molecule has 2 heterocycles. The van der Waals surface area contributed by atoms with Crippen LogP contribution in [0.3, 0.4) is 0 Å². The highest BCUT2D eigenvalue weighted by Crippen LogP contribution is 2.49. The van der Waals surface area contributed by atoms with Crippen molar-refractivity contribution in [2.45, 2.75) is 25.1 Å². The van der Waals surface area contributed by atoms with Crippen molar-refractivity contribution in [3.05, 3.63) is 93.4 Å². The van der Waals surface area contributed by atoms with E-state index in [9.17, 15) is 9.59 Å². The summed E-state index contributed by atoms with van der Waals surface area (Å²) < 4.78 is 7.20. The largest absolute Gasteiger partial charge is 0.467 e. The van der Waals surface area contributed by atoms with E-state index >= 15 is 0 Å². The maximum absolute atomic E-state index is 13.8. The molecular weight excluding hydrogens is 480 g/mol. The van der Waals surface area contributed by atoms with E-state index in [0.29, 0.717) is 28.4 Å². The first-order chi connectivity index (χ1) is 14.9. The number of rotatable bonds is 2. The Bertz CT molecular complexity index is 1180. The Labute approximate surface area is 193 Å². The molecule has 0 saturated carbocycles. The number of hydrogen-bond donors (Lipinski definition) is 0. The maximum atomic E-state index is 13.8. The number of fused-ring (bicyclic) bond motifs is 4. The summed E-state index contributed by atoms with van der Waals surface area (Å²) in [4.78, 5) is 30.3. The van der Waals surface area contributed by atoms with Gasteiger partial charge in [0.15, 0.2) is 5.72 Å². The maximum Gasteiger partial charge on any atom is 0.335 e. The predicted octanol–water partition coefficient (Wildman–Crippen LogP) is 6.42. The monoisotopic (exact) mass is 496 g/mol. The van der Waals surface area contributed by atoms with Crippen LogP contribution in [-0.2, 0) is 0 Å². The summed E-state index contributed by atoms with van der Waals surface area (Å²) in [5.74, 6) is 0.321. The fraction of sp³-hybridized carbons (Fsp3) is 0.167. The summed E-state index contributed by atoms with van der Waals surface area (Å²) in [7, 11) is 0. The molecule has 2 atom stereocenters. The summed E-state index contributed by atoms with van der Waals surface area (Å²) in [6.07, 6.45) is 0.445. The zero-order valence-corrected chi connectivity index (χ0v) is 18.9. The first kappa shape index (κ1) is 20.1. The number of carbonyl (C=O) groups excluding carboxylic acids is 2. The molecule has 1 saturated heterocycles. The van der Waals surface area contributed by atoms with Crippen molar-refractivity contribution in [3.8, 4) is 5.75 Å². The number of para-hydroxylation sites is 1. The van der Waals surface area contributed by atoms with E-state index in [0.717, 1.165) is 10.0 Å². The third-order valence-electron chi connectivity index (χ3n) is 5.76. The number of urea groups is 1. The Morgan fingerprint density at radius 2 is 1.74 bits per heavy atom.